The monoisotopic (exact) mass is 100 g/mol. The van der Waals surface area contributed by atoms with E-state index in [1.165, 1.54) is 6.21 Å². The van der Waals surface area contributed by atoms with Crippen LogP contribution >= 0.6 is 0 Å². The van der Waals surface area contributed by atoms with E-state index in [2.05, 4.69) is 12.1 Å². The number of rotatable bonds is 3. The van der Waals surface area contributed by atoms with Gasteiger partial charge in [-0.25, -0.2) is 0 Å². The summed E-state index contributed by atoms with van der Waals surface area (Å²) in [7, 11) is 0. The fourth-order valence-corrected chi connectivity index (χ4v) is 0.293. The highest BCUT2D eigenvalue weighted by Gasteiger charge is 1.75. The van der Waals surface area contributed by atoms with Gasteiger partial charge in [0.15, 0.2) is 0 Å². The summed E-state index contributed by atoms with van der Waals surface area (Å²) in [5, 5.41) is 10.7. The van der Waals surface area contributed by atoms with E-state index in [-0.39, 0.29) is 0 Å². The van der Waals surface area contributed by atoms with Gasteiger partial charge in [-0.15, -0.1) is 5.16 Å². The molecule has 0 heterocycles. The largest absolute Gasteiger partial charge is 0.411 e. The van der Waals surface area contributed by atoms with Crippen LogP contribution in [0.1, 0.15) is 19.3 Å². The first-order chi connectivity index (χ1) is 3.41. The van der Waals surface area contributed by atoms with Crippen molar-refractivity contribution in [1.82, 2.24) is 0 Å². The van der Waals surface area contributed by atoms with E-state index >= 15 is 0 Å². The standard InChI is InChI=1S/C5H10NO/c1-2-3-4-5-6-7/h5,7H,1-4H2. The molecule has 7 heavy (non-hydrogen) atoms. The molecule has 0 aliphatic heterocycles. The molecule has 0 rings (SSSR count). The summed E-state index contributed by atoms with van der Waals surface area (Å²) in [5.41, 5.74) is 0. The van der Waals surface area contributed by atoms with Gasteiger partial charge in [-0.1, -0.05) is 13.3 Å². The number of oxime groups is 1. The van der Waals surface area contributed by atoms with Gasteiger partial charge in [0.05, 0.1) is 0 Å². The van der Waals surface area contributed by atoms with Gasteiger partial charge in [0.2, 0.25) is 0 Å². The maximum absolute atomic E-state index is 7.84. The number of hydrogen-bond donors (Lipinski definition) is 1. The Labute approximate surface area is 43.8 Å². The summed E-state index contributed by atoms with van der Waals surface area (Å²) in [6.07, 6.45) is 4.22. The Bertz CT molecular complexity index is 52.0. The Morgan fingerprint density at radius 2 is 2.43 bits per heavy atom. The van der Waals surface area contributed by atoms with E-state index in [4.69, 9.17) is 5.21 Å². The molecule has 0 unspecified atom stereocenters. The molecule has 1 N–H and O–H groups in total. The van der Waals surface area contributed by atoms with Crippen LogP contribution in [0.25, 0.3) is 0 Å². The molecular weight excluding hydrogens is 90.1 g/mol. The van der Waals surface area contributed by atoms with Crippen molar-refractivity contribution >= 4 is 6.21 Å². The topological polar surface area (TPSA) is 32.6 Å². The molecule has 2 heteroatoms. The molecule has 0 spiro atoms. The molecule has 0 aromatic carbocycles. The van der Waals surface area contributed by atoms with Crippen molar-refractivity contribution in [3.8, 4) is 0 Å². The molecule has 0 aromatic heterocycles. The molecule has 0 aromatic rings. The highest BCUT2D eigenvalue weighted by atomic mass is 16.4. The van der Waals surface area contributed by atoms with E-state index in [0.717, 1.165) is 19.3 Å². The van der Waals surface area contributed by atoms with Gasteiger partial charge < -0.3 is 5.21 Å². The van der Waals surface area contributed by atoms with Gasteiger partial charge in [-0.2, -0.15) is 0 Å². The van der Waals surface area contributed by atoms with Crippen LogP contribution < -0.4 is 0 Å². The summed E-state index contributed by atoms with van der Waals surface area (Å²) >= 11 is 0. The molecule has 2 nitrogen and oxygen atoms in total. The second-order valence-electron chi connectivity index (χ2n) is 1.29. The molecule has 0 fully saturated rings. The van der Waals surface area contributed by atoms with E-state index in [0.29, 0.717) is 0 Å². The lowest BCUT2D eigenvalue weighted by atomic mass is 10.3. The van der Waals surface area contributed by atoms with E-state index < -0.39 is 0 Å². The lowest BCUT2D eigenvalue weighted by Gasteiger charge is -1.82. The predicted octanol–water partition coefficient (Wildman–Crippen LogP) is 1.45. The minimum Gasteiger partial charge on any atom is -0.411 e. The number of nitrogens with zero attached hydrogens (tertiary/aromatic N) is 1. The summed E-state index contributed by atoms with van der Waals surface area (Å²) in [6, 6.07) is 0. The Morgan fingerprint density at radius 3 is 2.86 bits per heavy atom. The van der Waals surface area contributed by atoms with Crippen molar-refractivity contribution < 1.29 is 5.21 Å². The van der Waals surface area contributed by atoms with E-state index in [1.807, 2.05) is 0 Å². The highest BCUT2D eigenvalue weighted by molar-refractivity contribution is 5.55. The zero-order chi connectivity index (χ0) is 5.54. The third kappa shape index (κ3) is 5.47. The lowest BCUT2D eigenvalue weighted by molar-refractivity contribution is 0.320. The van der Waals surface area contributed by atoms with E-state index in [1.54, 1.807) is 0 Å². The number of hydrogen-bond acceptors (Lipinski definition) is 2. The second-order valence-corrected chi connectivity index (χ2v) is 1.29. The number of unbranched alkanes of at least 4 members (excludes halogenated alkanes) is 2. The van der Waals surface area contributed by atoms with Crippen molar-refractivity contribution in [2.75, 3.05) is 0 Å². The average molecular weight is 100 g/mol. The van der Waals surface area contributed by atoms with Crippen molar-refractivity contribution in [2.24, 2.45) is 5.16 Å². The predicted molar refractivity (Wildman–Crippen MR) is 29.5 cm³/mol. The quantitative estimate of drug-likeness (QED) is 0.247. The fourth-order valence-electron chi connectivity index (χ4n) is 0.293. The van der Waals surface area contributed by atoms with Crippen LogP contribution in [-0.4, -0.2) is 11.4 Å². The molecule has 0 saturated carbocycles. The molecule has 1 radical (unpaired) electrons. The third-order valence-electron chi connectivity index (χ3n) is 0.665. The minimum atomic E-state index is 0.833. The third-order valence-corrected chi connectivity index (χ3v) is 0.665. The molecular formula is C5H10NO. The molecule has 0 aliphatic carbocycles. The molecule has 0 bridgehead atoms. The van der Waals surface area contributed by atoms with Crippen molar-refractivity contribution in [3.63, 3.8) is 0 Å². The average Bonchev–Trinajstić information content (AvgIpc) is 1.69. The summed E-state index contributed by atoms with van der Waals surface area (Å²) in [4.78, 5) is 0. The van der Waals surface area contributed by atoms with Crippen molar-refractivity contribution in [1.29, 1.82) is 0 Å². The molecule has 0 aliphatic rings. The summed E-state index contributed by atoms with van der Waals surface area (Å²) in [6.45, 7) is 3.61. The normalized spacial score (nSPS) is 10.4. The molecule has 0 atom stereocenters. The van der Waals surface area contributed by atoms with Crippen LogP contribution in [0.4, 0.5) is 0 Å². The summed E-state index contributed by atoms with van der Waals surface area (Å²) in [5.74, 6) is 0. The van der Waals surface area contributed by atoms with Gasteiger partial charge in [0.25, 0.3) is 0 Å². The highest BCUT2D eigenvalue weighted by Crippen LogP contribution is 1.87. The Morgan fingerprint density at radius 1 is 1.71 bits per heavy atom. The minimum absolute atomic E-state index is 0.833. The smallest absolute Gasteiger partial charge is 0.0435 e. The van der Waals surface area contributed by atoms with Crippen LogP contribution in [0.3, 0.4) is 0 Å². The Balaban J connectivity index is 2.69. The van der Waals surface area contributed by atoms with Crippen molar-refractivity contribution in [2.45, 2.75) is 19.3 Å². The van der Waals surface area contributed by atoms with Crippen molar-refractivity contribution in [3.05, 3.63) is 6.92 Å². The van der Waals surface area contributed by atoms with Crippen LogP contribution in [0.5, 0.6) is 0 Å². The zero-order valence-corrected chi connectivity index (χ0v) is 4.30. The molecule has 0 amide bonds. The van der Waals surface area contributed by atoms with Gasteiger partial charge in [-0.3, -0.25) is 0 Å². The lowest BCUT2D eigenvalue weighted by Crippen LogP contribution is -1.72. The Hall–Kier alpha value is -0.530. The van der Waals surface area contributed by atoms with Gasteiger partial charge in [-0.05, 0) is 12.8 Å². The van der Waals surface area contributed by atoms with Crippen LogP contribution in [0.15, 0.2) is 5.16 Å². The first kappa shape index (κ1) is 6.47. The first-order valence-corrected chi connectivity index (χ1v) is 2.37. The maximum atomic E-state index is 7.84. The molecule has 41 valence electrons. The van der Waals surface area contributed by atoms with Crippen LogP contribution in [-0.2, 0) is 0 Å². The Kier molecular flexibility index (Phi) is 5.06. The first-order valence-electron chi connectivity index (χ1n) is 2.37. The zero-order valence-electron chi connectivity index (χ0n) is 4.30. The van der Waals surface area contributed by atoms with E-state index in [9.17, 15) is 0 Å². The molecule has 0 saturated heterocycles. The van der Waals surface area contributed by atoms with Gasteiger partial charge in [0, 0.05) is 6.21 Å². The van der Waals surface area contributed by atoms with Crippen LogP contribution in [0.2, 0.25) is 0 Å². The fraction of sp³-hybridized carbons (Fsp3) is 0.600. The van der Waals surface area contributed by atoms with Gasteiger partial charge in [0.1, 0.15) is 0 Å². The second kappa shape index (κ2) is 5.47. The van der Waals surface area contributed by atoms with Gasteiger partial charge >= 0.3 is 0 Å². The van der Waals surface area contributed by atoms with Crippen LogP contribution in [0, 0.1) is 6.92 Å². The summed E-state index contributed by atoms with van der Waals surface area (Å²) < 4.78 is 0. The SMILES string of the molecule is [CH2]CCCC=NO. The maximum Gasteiger partial charge on any atom is 0.0435 e.